The molecule has 0 N–H and O–H groups in total. The van der Waals surface area contributed by atoms with E-state index in [9.17, 15) is 0 Å². The van der Waals surface area contributed by atoms with E-state index in [2.05, 4.69) is 37.7 Å². The summed E-state index contributed by atoms with van der Waals surface area (Å²) in [4.78, 5) is 0. The molecule has 0 amide bonds. The van der Waals surface area contributed by atoms with Crippen LogP contribution in [-0.4, -0.2) is 36.2 Å². The lowest BCUT2D eigenvalue weighted by molar-refractivity contribution is -0.0548. The van der Waals surface area contributed by atoms with Crippen LogP contribution in [0.25, 0.3) is 0 Å². The number of hydrazine groups is 1. The van der Waals surface area contributed by atoms with Gasteiger partial charge in [0.05, 0.1) is 0 Å². The highest BCUT2D eigenvalue weighted by Crippen LogP contribution is 2.14. The molecular formula is C13H28N2. The predicted octanol–water partition coefficient (Wildman–Crippen LogP) is 3.00. The van der Waals surface area contributed by atoms with Gasteiger partial charge in [-0.05, 0) is 24.7 Å². The van der Waals surface area contributed by atoms with Gasteiger partial charge in [-0.25, -0.2) is 10.0 Å². The highest BCUT2D eigenvalue weighted by atomic mass is 15.6. The van der Waals surface area contributed by atoms with Crippen molar-refractivity contribution in [1.29, 1.82) is 0 Å². The Morgan fingerprint density at radius 3 is 1.73 bits per heavy atom. The van der Waals surface area contributed by atoms with Crippen LogP contribution in [0.3, 0.4) is 0 Å². The third-order valence-electron chi connectivity index (χ3n) is 2.88. The molecule has 1 heterocycles. The molecular weight excluding hydrogens is 184 g/mol. The topological polar surface area (TPSA) is 6.48 Å². The Kier molecular flexibility index (Phi) is 5.62. The fourth-order valence-corrected chi connectivity index (χ4v) is 2.31. The fourth-order valence-electron chi connectivity index (χ4n) is 2.31. The molecule has 1 fully saturated rings. The SMILES string of the molecule is CC(C)CN(CC(C)C)N1CCCCC1. The zero-order valence-electron chi connectivity index (χ0n) is 11.0. The van der Waals surface area contributed by atoms with Gasteiger partial charge in [-0.2, -0.15) is 0 Å². The Bertz CT molecular complexity index is 150. The summed E-state index contributed by atoms with van der Waals surface area (Å²) in [5, 5.41) is 5.18. The first-order valence-corrected chi connectivity index (χ1v) is 6.59. The van der Waals surface area contributed by atoms with Crippen LogP contribution < -0.4 is 0 Å². The van der Waals surface area contributed by atoms with E-state index in [1.165, 1.54) is 45.4 Å². The standard InChI is InChI=1S/C13H28N2/c1-12(2)10-15(11-13(3)4)14-8-6-5-7-9-14/h12-13H,5-11H2,1-4H3. The van der Waals surface area contributed by atoms with Crippen LogP contribution in [0.1, 0.15) is 47.0 Å². The molecule has 1 aliphatic rings. The van der Waals surface area contributed by atoms with E-state index in [4.69, 9.17) is 0 Å². The molecule has 0 aromatic heterocycles. The minimum Gasteiger partial charge on any atom is -0.242 e. The van der Waals surface area contributed by atoms with Gasteiger partial charge >= 0.3 is 0 Å². The third-order valence-corrected chi connectivity index (χ3v) is 2.88. The number of rotatable bonds is 5. The van der Waals surface area contributed by atoms with Gasteiger partial charge in [0.15, 0.2) is 0 Å². The minimum absolute atomic E-state index is 0.769. The molecule has 1 aliphatic heterocycles. The van der Waals surface area contributed by atoms with E-state index in [0.717, 1.165) is 11.8 Å². The van der Waals surface area contributed by atoms with E-state index in [1.54, 1.807) is 0 Å². The first-order valence-electron chi connectivity index (χ1n) is 6.59. The monoisotopic (exact) mass is 212 g/mol. The van der Waals surface area contributed by atoms with Gasteiger partial charge in [-0.15, -0.1) is 0 Å². The van der Waals surface area contributed by atoms with E-state index < -0.39 is 0 Å². The van der Waals surface area contributed by atoms with Crippen LogP contribution in [0, 0.1) is 11.8 Å². The highest BCUT2D eigenvalue weighted by Gasteiger charge is 2.19. The zero-order valence-corrected chi connectivity index (χ0v) is 11.0. The molecule has 0 aromatic carbocycles. The second kappa shape index (κ2) is 6.49. The van der Waals surface area contributed by atoms with Crippen LogP contribution in [0.15, 0.2) is 0 Å². The van der Waals surface area contributed by atoms with Crippen molar-refractivity contribution >= 4 is 0 Å². The largest absolute Gasteiger partial charge is 0.242 e. The molecule has 1 saturated heterocycles. The van der Waals surface area contributed by atoms with Crippen LogP contribution >= 0.6 is 0 Å². The second-order valence-corrected chi connectivity index (χ2v) is 5.67. The lowest BCUT2D eigenvalue weighted by Gasteiger charge is -2.39. The molecule has 0 atom stereocenters. The first-order chi connectivity index (χ1) is 7.09. The third kappa shape index (κ3) is 4.98. The Hall–Kier alpha value is -0.0800. The number of hydrogen-bond acceptors (Lipinski definition) is 2. The van der Waals surface area contributed by atoms with Crippen molar-refractivity contribution in [2.45, 2.75) is 47.0 Å². The number of hydrogen-bond donors (Lipinski definition) is 0. The first kappa shape index (κ1) is 13.0. The molecule has 1 rings (SSSR count). The van der Waals surface area contributed by atoms with E-state index >= 15 is 0 Å². The predicted molar refractivity (Wildman–Crippen MR) is 66.7 cm³/mol. The molecule has 0 saturated carbocycles. The summed E-state index contributed by atoms with van der Waals surface area (Å²) in [7, 11) is 0. The maximum Gasteiger partial charge on any atom is 0.0156 e. The molecule has 2 heteroatoms. The van der Waals surface area contributed by atoms with Gasteiger partial charge in [-0.1, -0.05) is 34.1 Å². The average Bonchev–Trinajstić information content (AvgIpc) is 2.17. The van der Waals surface area contributed by atoms with Crippen molar-refractivity contribution in [3.05, 3.63) is 0 Å². The van der Waals surface area contributed by atoms with Crippen molar-refractivity contribution in [3.63, 3.8) is 0 Å². The van der Waals surface area contributed by atoms with Crippen LogP contribution in [0.2, 0.25) is 0 Å². The molecule has 90 valence electrons. The molecule has 0 aromatic rings. The summed E-state index contributed by atoms with van der Waals surface area (Å²) in [5.74, 6) is 1.54. The lowest BCUT2D eigenvalue weighted by Crippen LogP contribution is -2.48. The molecule has 0 bridgehead atoms. The lowest BCUT2D eigenvalue weighted by atomic mass is 10.1. The van der Waals surface area contributed by atoms with E-state index in [1.807, 2.05) is 0 Å². The Morgan fingerprint density at radius 2 is 1.33 bits per heavy atom. The molecule has 0 radical (unpaired) electrons. The van der Waals surface area contributed by atoms with Gasteiger partial charge in [0.1, 0.15) is 0 Å². The second-order valence-electron chi connectivity index (χ2n) is 5.67. The summed E-state index contributed by atoms with van der Waals surface area (Å²) in [5.41, 5.74) is 0. The molecule has 0 unspecified atom stereocenters. The van der Waals surface area contributed by atoms with E-state index in [0.29, 0.717) is 0 Å². The Labute approximate surface area is 95.6 Å². The van der Waals surface area contributed by atoms with Gasteiger partial charge < -0.3 is 0 Å². The number of piperidine rings is 1. The van der Waals surface area contributed by atoms with Crippen LogP contribution in [-0.2, 0) is 0 Å². The van der Waals surface area contributed by atoms with Crippen LogP contribution in [0.4, 0.5) is 0 Å². The Balaban J connectivity index is 2.45. The molecule has 2 nitrogen and oxygen atoms in total. The Morgan fingerprint density at radius 1 is 0.867 bits per heavy atom. The van der Waals surface area contributed by atoms with Gasteiger partial charge in [0, 0.05) is 26.2 Å². The van der Waals surface area contributed by atoms with Gasteiger partial charge in [-0.3, -0.25) is 0 Å². The quantitative estimate of drug-likeness (QED) is 0.691. The molecule has 15 heavy (non-hydrogen) atoms. The molecule has 0 aliphatic carbocycles. The van der Waals surface area contributed by atoms with Gasteiger partial charge in [0.2, 0.25) is 0 Å². The summed E-state index contributed by atoms with van der Waals surface area (Å²) in [6.45, 7) is 14.3. The fraction of sp³-hybridized carbons (Fsp3) is 1.00. The molecule has 0 spiro atoms. The number of nitrogens with zero attached hydrogens (tertiary/aromatic N) is 2. The van der Waals surface area contributed by atoms with Crippen molar-refractivity contribution in [3.8, 4) is 0 Å². The van der Waals surface area contributed by atoms with Crippen LogP contribution in [0.5, 0.6) is 0 Å². The highest BCUT2D eigenvalue weighted by molar-refractivity contribution is 4.66. The zero-order chi connectivity index (χ0) is 11.3. The normalized spacial score (nSPS) is 19.4. The summed E-state index contributed by atoms with van der Waals surface area (Å²) in [6, 6.07) is 0. The summed E-state index contributed by atoms with van der Waals surface area (Å²) in [6.07, 6.45) is 4.19. The minimum atomic E-state index is 0.769. The maximum atomic E-state index is 2.59. The van der Waals surface area contributed by atoms with Crippen molar-refractivity contribution < 1.29 is 0 Å². The summed E-state index contributed by atoms with van der Waals surface area (Å²) < 4.78 is 0. The van der Waals surface area contributed by atoms with E-state index in [-0.39, 0.29) is 0 Å². The van der Waals surface area contributed by atoms with Crippen molar-refractivity contribution in [2.75, 3.05) is 26.2 Å². The van der Waals surface area contributed by atoms with Gasteiger partial charge in [0.25, 0.3) is 0 Å². The average molecular weight is 212 g/mol. The summed E-state index contributed by atoms with van der Waals surface area (Å²) >= 11 is 0. The maximum absolute atomic E-state index is 2.59. The smallest absolute Gasteiger partial charge is 0.0156 e. The van der Waals surface area contributed by atoms with Crippen molar-refractivity contribution in [1.82, 2.24) is 10.0 Å². The van der Waals surface area contributed by atoms with Crippen molar-refractivity contribution in [2.24, 2.45) is 11.8 Å².